The first-order valence-electron chi connectivity index (χ1n) is 5.07. The van der Waals surface area contributed by atoms with Crippen molar-refractivity contribution >= 4 is 12.4 Å². The zero-order chi connectivity index (χ0) is 9.97. The van der Waals surface area contributed by atoms with E-state index in [0.717, 1.165) is 5.56 Å². The van der Waals surface area contributed by atoms with E-state index in [-0.39, 0.29) is 18.4 Å². The lowest BCUT2D eigenvalue weighted by Gasteiger charge is -2.31. The zero-order valence-electron chi connectivity index (χ0n) is 8.52. The van der Waals surface area contributed by atoms with Crippen LogP contribution >= 0.6 is 12.4 Å². The van der Waals surface area contributed by atoms with Crippen molar-refractivity contribution in [3.05, 3.63) is 35.4 Å². The highest BCUT2D eigenvalue weighted by molar-refractivity contribution is 5.85. The van der Waals surface area contributed by atoms with Gasteiger partial charge < -0.3 is 5.73 Å². The highest BCUT2D eigenvalue weighted by atomic mass is 35.5. The van der Waals surface area contributed by atoms with E-state index in [1.165, 1.54) is 19.3 Å². The number of rotatable bonds is 2. The van der Waals surface area contributed by atoms with Gasteiger partial charge in [-0.1, -0.05) is 18.6 Å². The maximum absolute atomic E-state index is 8.76. The highest BCUT2D eigenvalue weighted by Crippen LogP contribution is 2.36. The average Bonchev–Trinajstić information content (AvgIpc) is 2.15. The van der Waals surface area contributed by atoms with Crippen molar-refractivity contribution in [2.45, 2.75) is 25.3 Å². The largest absolute Gasteiger partial charge is 0.324 e. The standard InChI is InChI=1S/C12H14N2.ClH/c13-8-9-3-1-6-11(7-9)12(14)10-4-2-5-10;/h1,3,6-7,10,12H,2,4-5,14H2;1H/t12-;/m0./s1. The van der Waals surface area contributed by atoms with E-state index in [9.17, 15) is 0 Å². The number of nitrogens with zero attached hydrogens (tertiary/aromatic N) is 1. The maximum Gasteiger partial charge on any atom is 0.0991 e. The molecule has 1 atom stereocenters. The van der Waals surface area contributed by atoms with Crippen molar-refractivity contribution in [3.63, 3.8) is 0 Å². The summed E-state index contributed by atoms with van der Waals surface area (Å²) in [6.07, 6.45) is 3.77. The molecule has 0 radical (unpaired) electrons. The lowest BCUT2D eigenvalue weighted by atomic mass is 9.77. The van der Waals surface area contributed by atoms with Gasteiger partial charge in [0.2, 0.25) is 0 Å². The van der Waals surface area contributed by atoms with Crippen LogP contribution in [0, 0.1) is 17.2 Å². The number of halogens is 1. The van der Waals surface area contributed by atoms with Crippen LogP contribution in [0.5, 0.6) is 0 Å². The molecule has 0 bridgehead atoms. The Bertz CT molecular complexity index is 366. The fourth-order valence-corrected chi connectivity index (χ4v) is 1.89. The minimum atomic E-state index is 0. The molecule has 0 spiro atoms. The van der Waals surface area contributed by atoms with Gasteiger partial charge in [-0.2, -0.15) is 5.26 Å². The van der Waals surface area contributed by atoms with E-state index in [1.54, 1.807) is 0 Å². The van der Waals surface area contributed by atoms with E-state index < -0.39 is 0 Å². The van der Waals surface area contributed by atoms with Crippen molar-refractivity contribution in [2.24, 2.45) is 11.7 Å². The van der Waals surface area contributed by atoms with E-state index in [0.29, 0.717) is 11.5 Å². The summed E-state index contributed by atoms with van der Waals surface area (Å²) in [7, 11) is 0. The average molecular weight is 223 g/mol. The predicted octanol–water partition coefficient (Wildman–Crippen LogP) is 2.78. The molecule has 80 valence electrons. The molecule has 2 nitrogen and oxygen atoms in total. The van der Waals surface area contributed by atoms with Gasteiger partial charge in [0.25, 0.3) is 0 Å². The third-order valence-electron chi connectivity index (χ3n) is 3.06. The molecular formula is C12H15ClN2. The molecule has 1 aliphatic rings. The van der Waals surface area contributed by atoms with Crippen LogP contribution in [0.2, 0.25) is 0 Å². The lowest BCUT2D eigenvalue weighted by molar-refractivity contribution is 0.264. The molecule has 1 aromatic rings. The second-order valence-corrected chi connectivity index (χ2v) is 3.95. The SMILES string of the molecule is Cl.N#Cc1cccc([C@@H](N)C2CCC2)c1. The molecule has 2 N–H and O–H groups in total. The van der Waals surface area contributed by atoms with Gasteiger partial charge in [-0.15, -0.1) is 12.4 Å². The minimum absolute atomic E-state index is 0. The van der Waals surface area contributed by atoms with Crippen LogP contribution in [0.3, 0.4) is 0 Å². The van der Waals surface area contributed by atoms with Gasteiger partial charge in [-0.25, -0.2) is 0 Å². The quantitative estimate of drug-likeness (QED) is 0.837. The van der Waals surface area contributed by atoms with Gasteiger partial charge in [-0.05, 0) is 36.5 Å². The van der Waals surface area contributed by atoms with Gasteiger partial charge in [0.1, 0.15) is 0 Å². The topological polar surface area (TPSA) is 49.8 Å². The lowest BCUT2D eigenvalue weighted by Crippen LogP contribution is -2.26. The summed E-state index contributed by atoms with van der Waals surface area (Å²) >= 11 is 0. The first-order valence-corrected chi connectivity index (χ1v) is 5.07. The van der Waals surface area contributed by atoms with Crippen molar-refractivity contribution in [3.8, 4) is 6.07 Å². The summed E-state index contributed by atoms with van der Waals surface area (Å²) in [6.45, 7) is 0. The van der Waals surface area contributed by atoms with Crippen LogP contribution in [0.4, 0.5) is 0 Å². The van der Waals surface area contributed by atoms with Crippen LogP contribution in [0.15, 0.2) is 24.3 Å². The summed E-state index contributed by atoms with van der Waals surface area (Å²) in [5, 5.41) is 8.76. The molecule has 0 aromatic heterocycles. The molecule has 0 aliphatic heterocycles. The van der Waals surface area contributed by atoms with Crippen LogP contribution in [-0.4, -0.2) is 0 Å². The van der Waals surface area contributed by atoms with E-state index in [4.69, 9.17) is 11.0 Å². The van der Waals surface area contributed by atoms with Gasteiger partial charge in [0, 0.05) is 6.04 Å². The van der Waals surface area contributed by atoms with Gasteiger partial charge >= 0.3 is 0 Å². The molecule has 0 saturated heterocycles. The fraction of sp³-hybridized carbons (Fsp3) is 0.417. The molecule has 1 aliphatic carbocycles. The number of benzene rings is 1. The Kier molecular flexibility index (Phi) is 4.14. The zero-order valence-corrected chi connectivity index (χ0v) is 9.33. The van der Waals surface area contributed by atoms with Crippen molar-refractivity contribution in [2.75, 3.05) is 0 Å². The number of hydrogen-bond donors (Lipinski definition) is 1. The first-order chi connectivity index (χ1) is 6.81. The number of nitriles is 1. The smallest absolute Gasteiger partial charge is 0.0991 e. The Hall–Kier alpha value is -1.04. The fourth-order valence-electron chi connectivity index (χ4n) is 1.89. The Morgan fingerprint density at radius 2 is 2.13 bits per heavy atom. The predicted molar refractivity (Wildman–Crippen MR) is 62.7 cm³/mol. The van der Waals surface area contributed by atoms with E-state index in [2.05, 4.69) is 6.07 Å². The Labute approximate surface area is 96.5 Å². The highest BCUT2D eigenvalue weighted by Gasteiger charge is 2.25. The maximum atomic E-state index is 8.76. The minimum Gasteiger partial charge on any atom is -0.324 e. The summed E-state index contributed by atoms with van der Waals surface area (Å²) in [5.74, 6) is 0.629. The Balaban J connectivity index is 0.00000112. The molecule has 2 rings (SSSR count). The number of nitrogens with two attached hydrogens (primary N) is 1. The van der Waals surface area contributed by atoms with Crippen LogP contribution < -0.4 is 5.73 Å². The summed E-state index contributed by atoms with van der Waals surface area (Å²) in [6, 6.07) is 9.91. The van der Waals surface area contributed by atoms with E-state index >= 15 is 0 Å². The molecule has 1 saturated carbocycles. The monoisotopic (exact) mass is 222 g/mol. The molecular weight excluding hydrogens is 208 g/mol. The Morgan fingerprint density at radius 3 is 2.67 bits per heavy atom. The second-order valence-electron chi connectivity index (χ2n) is 3.95. The summed E-state index contributed by atoms with van der Waals surface area (Å²) < 4.78 is 0. The molecule has 0 heterocycles. The third kappa shape index (κ3) is 2.50. The van der Waals surface area contributed by atoms with Crippen LogP contribution in [-0.2, 0) is 0 Å². The third-order valence-corrected chi connectivity index (χ3v) is 3.06. The van der Waals surface area contributed by atoms with Crippen LogP contribution in [0.25, 0.3) is 0 Å². The van der Waals surface area contributed by atoms with Crippen molar-refractivity contribution in [1.82, 2.24) is 0 Å². The van der Waals surface area contributed by atoms with E-state index in [1.807, 2.05) is 24.3 Å². The van der Waals surface area contributed by atoms with Crippen LogP contribution in [0.1, 0.15) is 36.4 Å². The second kappa shape index (κ2) is 5.16. The first kappa shape index (κ1) is 12.0. The summed E-state index contributed by atoms with van der Waals surface area (Å²) in [5.41, 5.74) is 7.93. The van der Waals surface area contributed by atoms with Crippen molar-refractivity contribution < 1.29 is 0 Å². The normalized spacial score (nSPS) is 17.1. The van der Waals surface area contributed by atoms with Gasteiger partial charge in [0.05, 0.1) is 11.6 Å². The molecule has 1 aromatic carbocycles. The molecule has 0 unspecified atom stereocenters. The van der Waals surface area contributed by atoms with Gasteiger partial charge in [0.15, 0.2) is 0 Å². The van der Waals surface area contributed by atoms with Gasteiger partial charge in [-0.3, -0.25) is 0 Å². The molecule has 3 heteroatoms. The molecule has 1 fully saturated rings. The number of hydrogen-bond acceptors (Lipinski definition) is 2. The molecule has 0 amide bonds. The Morgan fingerprint density at radius 1 is 1.40 bits per heavy atom. The molecule has 15 heavy (non-hydrogen) atoms. The summed E-state index contributed by atoms with van der Waals surface area (Å²) in [4.78, 5) is 0. The van der Waals surface area contributed by atoms with Crippen molar-refractivity contribution in [1.29, 1.82) is 5.26 Å².